The fourth-order valence-corrected chi connectivity index (χ4v) is 4.82. The normalized spacial score (nSPS) is 13.0. The molecule has 5 rings (SSSR count). The van der Waals surface area contributed by atoms with E-state index in [2.05, 4.69) is 34.0 Å². The van der Waals surface area contributed by atoms with Crippen molar-refractivity contribution in [1.82, 2.24) is 14.9 Å². The Morgan fingerprint density at radius 2 is 2.02 bits per heavy atom. The predicted octanol–water partition coefficient (Wildman–Crippen LogP) is 6.37. The van der Waals surface area contributed by atoms with Crippen molar-refractivity contribution in [2.24, 2.45) is 0 Å². The first-order chi connectivity index (χ1) is 19.9. The molecule has 8 nitrogen and oxygen atoms in total. The third-order valence-corrected chi connectivity index (χ3v) is 7.14. The Labute approximate surface area is 243 Å². The van der Waals surface area contributed by atoms with Gasteiger partial charge in [0.15, 0.2) is 0 Å². The lowest BCUT2D eigenvalue weighted by Crippen LogP contribution is -2.37. The van der Waals surface area contributed by atoms with Crippen LogP contribution in [0, 0.1) is 5.82 Å². The number of halogens is 2. The second kappa shape index (κ2) is 13.0. The van der Waals surface area contributed by atoms with Gasteiger partial charge < -0.3 is 24.6 Å². The lowest BCUT2D eigenvalue weighted by molar-refractivity contribution is -0.114. The van der Waals surface area contributed by atoms with E-state index in [0.717, 1.165) is 18.5 Å². The first kappa shape index (κ1) is 28.3. The summed E-state index contributed by atoms with van der Waals surface area (Å²) in [6.45, 7) is 7.79. The highest BCUT2D eigenvalue weighted by molar-refractivity contribution is 6.32. The van der Waals surface area contributed by atoms with E-state index in [1.165, 1.54) is 18.5 Å². The van der Waals surface area contributed by atoms with Gasteiger partial charge in [-0.25, -0.2) is 14.4 Å². The molecule has 3 aromatic carbocycles. The van der Waals surface area contributed by atoms with Crippen LogP contribution < -0.4 is 19.7 Å². The fraction of sp³-hybridized carbons (Fsp3) is 0.258. The zero-order valence-electron chi connectivity index (χ0n) is 22.9. The zero-order chi connectivity index (χ0) is 28.8. The molecule has 212 valence electrons. The maximum Gasteiger partial charge on any atom is 0.250 e. The van der Waals surface area contributed by atoms with Crippen molar-refractivity contribution in [3.8, 4) is 11.5 Å². The Balaban J connectivity index is 1.35. The molecule has 0 unspecified atom stereocenters. The third-order valence-electron chi connectivity index (χ3n) is 6.84. The number of likely N-dealkylation sites (N-methyl/N-ethyl adjacent to an activating group) is 1. The zero-order valence-corrected chi connectivity index (χ0v) is 23.7. The van der Waals surface area contributed by atoms with Crippen LogP contribution in [0.25, 0.3) is 10.9 Å². The summed E-state index contributed by atoms with van der Waals surface area (Å²) < 4.78 is 25.1. The molecule has 0 saturated carbocycles. The van der Waals surface area contributed by atoms with Crippen molar-refractivity contribution in [2.75, 3.05) is 43.0 Å². The number of nitrogens with one attached hydrogen (secondary N) is 1. The molecule has 2 heterocycles. The summed E-state index contributed by atoms with van der Waals surface area (Å²) in [6.07, 6.45) is 4.99. The van der Waals surface area contributed by atoms with Crippen LogP contribution in [0.1, 0.15) is 19.4 Å². The molecular weight excluding hydrogens is 545 g/mol. The average Bonchev–Trinajstić information content (AvgIpc) is 2.98. The molecule has 1 aromatic heterocycles. The van der Waals surface area contributed by atoms with Gasteiger partial charge in [0.25, 0.3) is 5.91 Å². The number of carbonyl (C=O) groups excluding carboxylic acids is 1. The number of hydrogen-bond donors (Lipinski definition) is 1. The second-order valence-electron chi connectivity index (χ2n) is 9.47. The quantitative estimate of drug-likeness (QED) is 0.220. The highest BCUT2D eigenvalue weighted by Crippen LogP contribution is 2.38. The number of ether oxygens (including phenoxy) is 2. The molecule has 41 heavy (non-hydrogen) atoms. The minimum Gasteiger partial charge on any atom is -0.489 e. The lowest BCUT2D eigenvalue weighted by atomic mass is 10.1. The average molecular weight is 576 g/mol. The van der Waals surface area contributed by atoms with Crippen LogP contribution in [-0.2, 0) is 11.4 Å². The molecule has 0 radical (unpaired) electrons. The number of rotatable bonds is 10. The topological polar surface area (TPSA) is 79.8 Å². The Morgan fingerprint density at radius 1 is 1.17 bits per heavy atom. The van der Waals surface area contributed by atoms with E-state index in [9.17, 15) is 9.18 Å². The Bertz CT molecular complexity index is 1580. The Morgan fingerprint density at radius 3 is 2.80 bits per heavy atom. The maximum atomic E-state index is 13.5. The molecular formula is C31H31ClFN5O3. The van der Waals surface area contributed by atoms with Crippen LogP contribution >= 0.6 is 11.6 Å². The number of anilines is 3. The van der Waals surface area contributed by atoms with Gasteiger partial charge in [0.2, 0.25) is 0 Å². The highest BCUT2D eigenvalue weighted by atomic mass is 35.5. The van der Waals surface area contributed by atoms with Crippen LogP contribution in [0.5, 0.6) is 11.5 Å². The smallest absolute Gasteiger partial charge is 0.250 e. The first-order valence-electron chi connectivity index (χ1n) is 13.5. The van der Waals surface area contributed by atoms with Crippen LogP contribution in [0.2, 0.25) is 5.02 Å². The van der Waals surface area contributed by atoms with Gasteiger partial charge in [-0.05, 0) is 55.1 Å². The van der Waals surface area contributed by atoms with Crippen LogP contribution in [0.15, 0.2) is 73.1 Å². The molecule has 0 atom stereocenters. The first-order valence-corrected chi connectivity index (χ1v) is 13.9. The second-order valence-corrected chi connectivity index (χ2v) is 9.88. The van der Waals surface area contributed by atoms with E-state index >= 15 is 0 Å². The lowest BCUT2D eigenvalue weighted by Gasteiger charge is -2.29. The van der Waals surface area contributed by atoms with E-state index in [-0.39, 0.29) is 18.3 Å². The third kappa shape index (κ3) is 6.75. The summed E-state index contributed by atoms with van der Waals surface area (Å²) >= 11 is 6.50. The van der Waals surface area contributed by atoms with Crippen molar-refractivity contribution in [1.29, 1.82) is 0 Å². The Kier molecular flexibility index (Phi) is 8.96. The van der Waals surface area contributed by atoms with Gasteiger partial charge in [-0.2, -0.15) is 0 Å². The van der Waals surface area contributed by atoms with Gasteiger partial charge in [0.05, 0.1) is 22.8 Å². The minimum absolute atomic E-state index is 0.104. The van der Waals surface area contributed by atoms with Crippen molar-refractivity contribution < 1.29 is 18.7 Å². The molecule has 1 amide bonds. The number of hydrogen-bond acceptors (Lipinski definition) is 7. The summed E-state index contributed by atoms with van der Waals surface area (Å²) in [4.78, 5) is 25.9. The summed E-state index contributed by atoms with van der Waals surface area (Å²) in [5, 5.41) is 4.42. The van der Waals surface area contributed by atoms with Gasteiger partial charge >= 0.3 is 0 Å². The molecule has 1 aliphatic rings. The van der Waals surface area contributed by atoms with Crippen molar-refractivity contribution in [3.63, 3.8) is 0 Å². The number of fused-ring (bicyclic) bond motifs is 2. The van der Waals surface area contributed by atoms with Gasteiger partial charge in [0, 0.05) is 29.8 Å². The van der Waals surface area contributed by atoms with E-state index in [1.807, 2.05) is 24.3 Å². The standard InChI is InChI=1S/C31H31ClFN5O3/c1-3-37(4-2)12-6-9-30(39)38-13-14-40-29-18-26-24(17-27(29)38)31(35-20-34-26)36-23-10-11-28(25(32)16-23)41-19-21-7-5-8-22(33)15-21/h5-11,15-18,20H,3-4,12-14,19H2,1-2H3,(H,34,35,36)/b9-6+. The van der Waals surface area contributed by atoms with Crippen LogP contribution in [0.3, 0.4) is 0 Å². The van der Waals surface area contributed by atoms with Crippen molar-refractivity contribution in [2.45, 2.75) is 20.5 Å². The van der Waals surface area contributed by atoms with Gasteiger partial charge in [-0.15, -0.1) is 0 Å². The van der Waals surface area contributed by atoms with Gasteiger partial charge in [-0.3, -0.25) is 4.79 Å². The summed E-state index contributed by atoms with van der Waals surface area (Å²) in [5.74, 6) is 1.21. The maximum absolute atomic E-state index is 13.5. The molecule has 10 heteroatoms. The fourth-order valence-electron chi connectivity index (χ4n) is 4.59. The van der Waals surface area contributed by atoms with E-state index < -0.39 is 0 Å². The van der Waals surface area contributed by atoms with E-state index in [1.54, 1.807) is 35.2 Å². The van der Waals surface area contributed by atoms with Crippen molar-refractivity contribution in [3.05, 3.63) is 89.5 Å². The number of nitrogens with zero attached hydrogens (tertiary/aromatic N) is 4. The van der Waals surface area contributed by atoms with E-state index in [0.29, 0.717) is 64.5 Å². The number of aromatic nitrogens is 2. The monoisotopic (exact) mass is 575 g/mol. The summed E-state index contributed by atoms with van der Waals surface area (Å²) in [5.41, 5.74) is 2.73. The molecule has 1 aliphatic heterocycles. The van der Waals surface area contributed by atoms with Gasteiger partial charge in [-0.1, -0.05) is 43.7 Å². The predicted molar refractivity (Wildman–Crippen MR) is 160 cm³/mol. The number of benzene rings is 3. The van der Waals surface area contributed by atoms with E-state index in [4.69, 9.17) is 21.1 Å². The molecule has 1 N–H and O–H groups in total. The molecule has 0 bridgehead atoms. The number of carbonyl (C=O) groups is 1. The SMILES string of the molecule is CCN(CC)C/C=C/C(=O)N1CCOc2cc3ncnc(Nc4ccc(OCc5cccc(F)c5)c(Cl)c4)c3cc21. The van der Waals surface area contributed by atoms with Crippen molar-refractivity contribution >= 4 is 45.6 Å². The van der Waals surface area contributed by atoms with Gasteiger partial charge in [0.1, 0.15) is 42.7 Å². The minimum atomic E-state index is -0.319. The molecule has 0 aliphatic carbocycles. The molecule has 0 saturated heterocycles. The largest absolute Gasteiger partial charge is 0.489 e. The summed E-state index contributed by atoms with van der Waals surface area (Å²) in [6, 6.07) is 15.2. The van der Waals surface area contributed by atoms with Crippen LogP contribution in [0.4, 0.5) is 21.6 Å². The van der Waals surface area contributed by atoms with Crippen LogP contribution in [-0.4, -0.2) is 53.6 Å². The molecule has 0 spiro atoms. The highest BCUT2D eigenvalue weighted by Gasteiger charge is 2.24. The molecule has 4 aromatic rings. The number of amides is 1. The Hall–Kier alpha value is -4.21. The summed E-state index contributed by atoms with van der Waals surface area (Å²) in [7, 11) is 0. The molecule has 0 fully saturated rings.